The fourth-order valence-electron chi connectivity index (χ4n) is 3.98. The second-order valence-electron chi connectivity index (χ2n) is 7.00. The molecular formula is C21H27NO4. The quantitative estimate of drug-likeness (QED) is 0.798. The van der Waals surface area contributed by atoms with E-state index in [2.05, 4.69) is 5.32 Å². The number of hydrogen-bond acceptors (Lipinski definition) is 4. The smallest absolute Gasteiger partial charge is 0.224 e. The Morgan fingerprint density at radius 3 is 2.31 bits per heavy atom. The maximum absolute atomic E-state index is 13.1. The van der Waals surface area contributed by atoms with Crippen LogP contribution in [-0.2, 0) is 4.79 Å². The van der Waals surface area contributed by atoms with Gasteiger partial charge in [0.25, 0.3) is 0 Å². The fourth-order valence-corrected chi connectivity index (χ4v) is 3.98. The summed E-state index contributed by atoms with van der Waals surface area (Å²) >= 11 is 0. The molecule has 0 aliphatic heterocycles. The van der Waals surface area contributed by atoms with Gasteiger partial charge in [-0.05, 0) is 48.4 Å². The molecule has 2 aliphatic rings. The van der Waals surface area contributed by atoms with E-state index in [0.717, 1.165) is 49.7 Å². The van der Waals surface area contributed by atoms with Gasteiger partial charge >= 0.3 is 0 Å². The molecule has 0 aromatic heterocycles. The van der Waals surface area contributed by atoms with E-state index in [4.69, 9.17) is 9.47 Å². The van der Waals surface area contributed by atoms with Crippen molar-refractivity contribution >= 4 is 17.3 Å². The number of fused-ring (bicyclic) bond motifs is 1. The van der Waals surface area contributed by atoms with E-state index in [1.165, 1.54) is 0 Å². The van der Waals surface area contributed by atoms with Crippen LogP contribution in [0.25, 0.3) is 5.57 Å². The molecule has 0 bridgehead atoms. The molecule has 0 unspecified atom stereocenters. The standard InChI is InChI=1S/C21H27NO4/c1-4-5-10-18(23)22-20-19(13-8-6-7-9-13)14-11-16(25-2)17(26-3)12-15(14)21(20)24/h11-13H,4-10H2,1-3H3,(H,22,23,24). The molecule has 5 heteroatoms. The average molecular weight is 357 g/mol. The van der Waals surface area contributed by atoms with Crippen LogP contribution in [0.1, 0.15) is 67.8 Å². The zero-order valence-electron chi connectivity index (χ0n) is 15.8. The SMILES string of the molecule is CCCCC(=O)NC1=C(C2CCCC2)c2cc(OC)c(OC)cc2C1=O. The Hall–Kier alpha value is -2.30. The van der Waals surface area contributed by atoms with Gasteiger partial charge in [0.2, 0.25) is 11.7 Å². The molecule has 0 radical (unpaired) electrons. The number of nitrogens with one attached hydrogen (secondary N) is 1. The average Bonchev–Trinajstić information content (AvgIpc) is 3.26. The number of hydrogen-bond donors (Lipinski definition) is 1. The Bertz CT molecular complexity index is 745. The third kappa shape index (κ3) is 3.35. The number of benzene rings is 1. The molecule has 0 saturated heterocycles. The van der Waals surface area contributed by atoms with Crippen molar-refractivity contribution in [2.45, 2.75) is 51.9 Å². The molecule has 1 saturated carbocycles. The third-order valence-electron chi connectivity index (χ3n) is 5.34. The number of rotatable bonds is 7. The van der Waals surface area contributed by atoms with Crippen LogP contribution in [0.4, 0.5) is 0 Å². The topological polar surface area (TPSA) is 64.6 Å². The van der Waals surface area contributed by atoms with Gasteiger partial charge in [-0.2, -0.15) is 0 Å². The van der Waals surface area contributed by atoms with E-state index >= 15 is 0 Å². The number of Topliss-reactive ketones (excluding diaryl/α,β-unsaturated/α-hetero) is 1. The molecule has 0 heterocycles. The summed E-state index contributed by atoms with van der Waals surface area (Å²) in [5.74, 6) is 1.24. The summed E-state index contributed by atoms with van der Waals surface area (Å²) in [5.41, 5.74) is 2.91. The predicted octanol–water partition coefficient (Wildman–Crippen LogP) is 4.11. The minimum atomic E-state index is -0.118. The number of methoxy groups -OCH3 is 2. The number of unbranched alkanes of at least 4 members (excludes halogenated alkanes) is 1. The highest BCUT2D eigenvalue weighted by molar-refractivity contribution is 6.22. The number of allylic oxidation sites excluding steroid dienone is 2. The van der Waals surface area contributed by atoms with Gasteiger partial charge in [0.15, 0.2) is 11.5 Å². The van der Waals surface area contributed by atoms with Crippen LogP contribution in [0, 0.1) is 5.92 Å². The van der Waals surface area contributed by atoms with Crippen LogP contribution in [0.5, 0.6) is 11.5 Å². The summed E-state index contributed by atoms with van der Waals surface area (Å²) in [6.07, 6.45) is 6.61. The summed E-state index contributed by atoms with van der Waals surface area (Å²) in [6.45, 7) is 2.05. The maximum atomic E-state index is 13.1. The molecule has 5 nitrogen and oxygen atoms in total. The van der Waals surface area contributed by atoms with Crippen molar-refractivity contribution < 1.29 is 19.1 Å². The molecule has 1 amide bonds. The summed E-state index contributed by atoms with van der Waals surface area (Å²) < 4.78 is 10.8. The predicted molar refractivity (Wildman–Crippen MR) is 100 cm³/mol. The molecule has 1 fully saturated rings. The minimum Gasteiger partial charge on any atom is -0.493 e. The van der Waals surface area contributed by atoms with Crippen LogP contribution in [0.15, 0.2) is 17.8 Å². The number of carbonyl (C=O) groups excluding carboxylic acids is 2. The maximum Gasteiger partial charge on any atom is 0.224 e. The van der Waals surface area contributed by atoms with Gasteiger partial charge in [-0.25, -0.2) is 0 Å². The van der Waals surface area contributed by atoms with Crippen molar-refractivity contribution in [1.29, 1.82) is 0 Å². The van der Waals surface area contributed by atoms with Crippen LogP contribution in [0.3, 0.4) is 0 Å². The van der Waals surface area contributed by atoms with Crippen molar-refractivity contribution in [2.75, 3.05) is 14.2 Å². The highest BCUT2D eigenvalue weighted by atomic mass is 16.5. The van der Waals surface area contributed by atoms with Crippen molar-refractivity contribution in [1.82, 2.24) is 5.32 Å². The van der Waals surface area contributed by atoms with Crippen molar-refractivity contribution in [3.05, 3.63) is 29.0 Å². The molecule has 1 N–H and O–H groups in total. The number of ether oxygens (including phenoxy) is 2. The zero-order valence-corrected chi connectivity index (χ0v) is 15.8. The molecule has 3 rings (SSSR count). The Balaban J connectivity index is 2.03. The van der Waals surface area contributed by atoms with Gasteiger partial charge in [0, 0.05) is 12.0 Å². The molecule has 0 spiro atoms. The lowest BCUT2D eigenvalue weighted by Gasteiger charge is -2.16. The summed E-state index contributed by atoms with van der Waals surface area (Å²) in [6, 6.07) is 3.61. The first-order valence-electron chi connectivity index (χ1n) is 9.45. The van der Waals surface area contributed by atoms with Crippen molar-refractivity contribution in [3.8, 4) is 11.5 Å². The lowest BCUT2D eigenvalue weighted by atomic mass is 9.91. The van der Waals surface area contributed by atoms with Gasteiger partial charge in [-0.1, -0.05) is 26.2 Å². The first-order valence-corrected chi connectivity index (χ1v) is 9.45. The lowest BCUT2D eigenvalue weighted by molar-refractivity contribution is -0.120. The van der Waals surface area contributed by atoms with E-state index in [-0.39, 0.29) is 11.7 Å². The normalized spacial score (nSPS) is 16.8. The van der Waals surface area contributed by atoms with Gasteiger partial charge < -0.3 is 14.8 Å². The Kier molecular flexibility index (Phi) is 5.64. The van der Waals surface area contributed by atoms with Gasteiger partial charge in [0.05, 0.1) is 19.9 Å². The monoisotopic (exact) mass is 357 g/mol. The van der Waals surface area contributed by atoms with E-state index in [0.29, 0.717) is 35.1 Å². The summed E-state index contributed by atoms with van der Waals surface area (Å²) in [4.78, 5) is 25.4. The fraction of sp³-hybridized carbons (Fsp3) is 0.524. The molecule has 1 aromatic rings. The Morgan fingerprint density at radius 1 is 1.12 bits per heavy atom. The molecule has 1 aromatic carbocycles. The second-order valence-corrected chi connectivity index (χ2v) is 7.00. The van der Waals surface area contributed by atoms with E-state index in [9.17, 15) is 9.59 Å². The van der Waals surface area contributed by atoms with Crippen molar-refractivity contribution in [3.63, 3.8) is 0 Å². The second kappa shape index (κ2) is 7.94. The van der Waals surface area contributed by atoms with E-state index < -0.39 is 0 Å². The first-order chi connectivity index (χ1) is 12.6. The highest BCUT2D eigenvalue weighted by Gasteiger charge is 2.37. The molecular weight excluding hydrogens is 330 g/mol. The molecule has 140 valence electrons. The van der Waals surface area contributed by atoms with Crippen LogP contribution >= 0.6 is 0 Å². The first kappa shape index (κ1) is 18.5. The number of ketones is 1. The molecule has 0 atom stereocenters. The molecule has 26 heavy (non-hydrogen) atoms. The summed E-state index contributed by atoms with van der Waals surface area (Å²) in [7, 11) is 3.15. The summed E-state index contributed by atoms with van der Waals surface area (Å²) in [5, 5.41) is 2.92. The molecule has 2 aliphatic carbocycles. The zero-order chi connectivity index (χ0) is 18.7. The lowest BCUT2D eigenvalue weighted by Crippen LogP contribution is -2.26. The van der Waals surface area contributed by atoms with Crippen molar-refractivity contribution in [2.24, 2.45) is 5.92 Å². The largest absolute Gasteiger partial charge is 0.493 e. The van der Waals surface area contributed by atoms with Gasteiger partial charge in [-0.3, -0.25) is 9.59 Å². The minimum absolute atomic E-state index is 0.0857. The Morgan fingerprint density at radius 2 is 1.73 bits per heavy atom. The van der Waals surface area contributed by atoms with Crippen LogP contribution in [-0.4, -0.2) is 25.9 Å². The van der Waals surface area contributed by atoms with Crippen LogP contribution < -0.4 is 14.8 Å². The number of amides is 1. The van der Waals surface area contributed by atoms with Gasteiger partial charge in [-0.15, -0.1) is 0 Å². The Labute approximate surface area is 154 Å². The van der Waals surface area contributed by atoms with E-state index in [1.54, 1.807) is 20.3 Å². The highest BCUT2D eigenvalue weighted by Crippen LogP contribution is 2.46. The third-order valence-corrected chi connectivity index (χ3v) is 5.34. The van der Waals surface area contributed by atoms with Gasteiger partial charge in [0.1, 0.15) is 0 Å². The van der Waals surface area contributed by atoms with Crippen LogP contribution in [0.2, 0.25) is 0 Å². The number of carbonyl (C=O) groups is 2. The van der Waals surface area contributed by atoms with E-state index in [1.807, 2.05) is 13.0 Å².